The first-order valence-electron chi connectivity index (χ1n) is 16.0. The Labute approximate surface area is 280 Å². The molecule has 0 heterocycles. The monoisotopic (exact) mass is 689 g/mol. The molecule has 0 aliphatic carbocycles. The Bertz CT molecular complexity index is 638. The zero-order valence-corrected chi connectivity index (χ0v) is 28.6. The molecule has 0 fully saturated rings. The van der Waals surface area contributed by atoms with Gasteiger partial charge in [0.05, 0.1) is 164 Å². The zero-order valence-electron chi connectivity index (χ0n) is 27.8. The van der Waals surface area contributed by atoms with Gasteiger partial charge in [0.1, 0.15) is 5.78 Å². The molecule has 15 nitrogen and oxygen atoms in total. The molecule has 1 amide bonds. The number of rotatable bonds is 40. The van der Waals surface area contributed by atoms with Crippen molar-refractivity contribution in [2.45, 2.75) is 13.3 Å². The third-order valence-electron chi connectivity index (χ3n) is 5.40. The summed E-state index contributed by atoms with van der Waals surface area (Å²) < 4.78 is 65.0. The number of Topliss-reactive ketones (excluding diaryl/α,β-unsaturated/α-hetero) is 1. The molecule has 274 valence electrons. The van der Waals surface area contributed by atoms with Gasteiger partial charge in [-0.25, -0.2) is 0 Å². The van der Waals surface area contributed by atoms with Crippen molar-refractivity contribution < 1.29 is 66.4 Å². The van der Waals surface area contributed by atoms with Crippen molar-refractivity contribution >= 4 is 24.3 Å². The number of thiol groups is 1. The molecule has 0 aliphatic heterocycles. The molecular formula is C30H59NO14S. The van der Waals surface area contributed by atoms with E-state index < -0.39 is 0 Å². The normalized spacial score (nSPS) is 11.3. The topological polar surface area (TPSA) is 157 Å². The molecule has 46 heavy (non-hydrogen) atoms. The van der Waals surface area contributed by atoms with E-state index in [9.17, 15) is 9.59 Å². The lowest BCUT2D eigenvalue weighted by Crippen LogP contribution is -2.28. The van der Waals surface area contributed by atoms with Crippen LogP contribution in [0.1, 0.15) is 13.3 Å². The molecule has 0 aromatic heterocycles. The van der Waals surface area contributed by atoms with Crippen molar-refractivity contribution in [3.05, 3.63) is 0 Å². The van der Waals surface area contributed by atoms with Gasteiger partial charge in [0.25, 0.3) is 0 Å². The van der Waals surface area contributed by atoms with Crippen LogP contribution in [0.5, 0.6) is 0 Å². The largest absolute Gasteiger partial charge is 0.379 e. The van der Waals surface area contributed by atoms with Crippen molar-refractivity contribution in [1.29, 1.82) is 0 Å². The summed E-state index contributed by atoms with van der Waals surface area (Å²) >= 11 is 3.87. The van der Waals surface area contributed by atoms with Gasteiger partial charge in [0.2, 0.25) is 5.91 Å². The molecule has 0 spiro atoms. The number of carbonyl (C=O) groups excluding carboxylic acids is 2. The molecule has 0 bridgehead atoms. The SMILES string of the molecule is CC(=O)CCOCCOCCOCCOCCOCCOCCOCCOCCOCCOCCOCCOCCNC(=O)CS. The molecule has 0 atom stereocenters. The van der Waals surface area contributed by atoms with E-state index in [1.807, 2.05) is 0 Å². The lowest BCUT2D eigenvalue weighted by Gasteiger charge is -2.09. The van der Waals surface area contributed by atoms with Crippen LogP contribution in [-0.4, -0.2) is 183 Å². The van der Waals surface area contributed by atoms with Crippen LogP contribution in [0.25, 0.3) is 0 Å². The number of hydrogen-bond donors (Lipinski definition) is 2. The molecule has 0 aromatic rings. The fourth-order valence-corrected chi connectivity index (χ4v) is 3.17. The van der Waals surface area contributed by atoms with Crippen LogP contribution in [0, 0.1) is 0 Å². The first-order chi connectivity index (χ1) is 22.7. The third-order valence-corrected chi connectivity index (χ3v) is 5.69. The van der Waals surface area contributed by atoms with E-state index in [0.717, 1.165) is 0 Å². The zero-order chi connectivity index (χ0) is 33.4. The van der Waals surface area contributed by atoms with Crippen LogP contribution in [0.2, 0.25) is 0 Å². The van der Waals surface area contributed by atoms with Crippen LogP contribution in [0.3, 0.4) is 0 Å². The first kappa shape index (κ1) is 45.0. The second-order valence-electron chi connectivity index (χ2n) is 9.31. The number of ether oxygens (including phenoxy) is 12. The number of ketones is 1. The minimum absolute atomic E-state index is 0.112. The van der Waals surface area contributed by atoms with Gasteiger partial charge in [0, 0.05) is 13.0 Å². The number of nitrogens with one attached hydrogen (secondary N) is 1. The van der Waals surface area contributed by atoms with Crippen molar-refractivity contribution in [3.63, 3.8) is 0 Å². The lowest BCUT2D eigenvalue weighted by atomic mass is 10.3. The van der Waals surface area contributed by atoms with Crippen LogP contribution < -0.4 is 5.32 Å². The van der Waals surface area contributed by atoms with E-state index in [2.05, 4.69) is 17.9 Å². The molecule has 0 saturated heterocycles. The Hall–Kier alpha value is -0.990. The van der Waals surface area contributed by atoms with Gasteiger partial charge in [0.15, 0.2) is 0 Å². The molecule has 0 unspecified atom stereocenters. The van der Waals surface area contributed by atoms with E-state index in [1.165, 1.54) is 0 Å². The third kappa shape index (κ3) is 41.0. The maximum Gasteiger partial charge on any atom is 0.229 e. The van der Waals surface area contributed by atoms with Gasteiger partial charge >= 0.3 is 0 Å². The van der Waals surface area contributed by atoms with Crippen LogP contribution in [0.4, 0.5) is 0 Å². The second kappa shape index (κ2) is 40.2. The maximum absolute atomic E-state index is 11.0. The lowest BCUT2D eigenvalue weighted by molar-refractivity contribution is -0.119. The first-order valence-corrected chi connectivity index (χ1v) is 16.6. The van der Waals surface area contributed by atoms with Gasteiger partial charge in [-0.15, -0.1) is 0 Å². The van der Waals surface area contributed by atoms with E-state index in [1.54, 1.807) is 6.92 Å². The highest BCUT2D eigenvalue weighted by molar-refractivity contribution is 7.81. The summed E-state index contributed by atoms with van der Waals surface area (Å²) in [5.41, 5.74) is 0. The van der Waals surface area contributed by atoms with Gasteiger partial charge in [-0.3, -0.25) is 9.59 Å². The standard InChI is InChI=1S/C30H59NO14S/c1-29(32)2-4-34-6-8-36-10-12-38-14-16-40-18-20-42-22-24-44-26-27-45-25-23-43-21-19-41-17-15-39-13-11-37-9-7-35-5-3-31-30(33)28-46/h46H,2-28H2,1H3,(H,31,33). The number of hydrogen-bond acceptors (Lipinski definition) is 15. The van der Waals surface area contributed by atoms with E-state index in [4.69, 9.17) is 56.8 Å². The molecule has 0 aromatic carbocycles. The number of carbonyl (C=O) groups is 2. The predicted octanol–water partition coefficient (Wildman–Crippen LogP) is 0.211. The minimum Gasteiger partial charge on any atom is -0.379 e. The Morgan fingerprint density at radius 2 is 0.609 bits per heavy atom. The second-order valence-corrected chi connectivity index (χ2v) is 9.62. The maximum atomic E-state index is 11.0. The summed E-state index contributed by atoms with van der Waals surface area (Å²) in [6.45, 7) is 13.7. The Kier molecular flexibility index (Phi) is 39.3. The summed E-state index contributed by atoms with van der Waals surface area (Å²) in [6.07, 6.45) is 0.439. The van der Waals surface area contributed by atoms with Gasteiger partial charge < -0.3 is 62.2 Å². The predicted molar refractivity (Wildman–Crippen MR) is 172 cm³/mol. The highest BCUT2D eigenvalue weighted by Crippen LogP contribution is 1.88. The molecule has 0 radical (unpaired) electrons. The van der Waals surface area contributed by atoms with E-state index in [-0.39, 0.29) is 17.4 Å². The highest BCUT2D eigenvalue weighted by Gasteiger charge is 1.98. The van der Waals surface area contributed by atoms with E-state index in [0.29, 0.717) is 172 Å². The number of amides is 1. The molecule has 0 aliphatic rings. The van der Waals surface area contributed by atoms with Gasteiger partial charge in [-0.05, 0) is 6.92 Å². The van der Waals surface area contributed by atoms with Crippen LogP contribution in [-0.2, 0) is 66.4 Å². The van der Waals surface area contributed by atoms with E-state index >= 15 is 0 Å². The quantitative estimate of drug-likeness (QED) is 0.0665. The van der Waals surface area contributed by atoms with Crippen molar-refractivity contribution in [2.75, 3.05) is 171 Å². The van der Waals surface area contributed by atoms with Crippen LogP contribution in [0.15, 0.2) is 0 Å². The summed E-state index contributed by atoms with van der Waals surface area (Å²) in [4.78, 5) is 21.8. The Balaban J connectivity index is 3.06. The molecule has 0 saturated carbocycles. The summed E-state index contributed by atoms with van der Waals surface area (Å²) in [5, 5.41) is 2.67. The summed E-state index contributed by atoms with van der Waals surface area (Å²) in [5.74, 6) is 0.187. The fourth-order valence-electron chi connectivity index (χ4n) is 3.06. The van der Waals surface area contributed by atoms with Gasteiger partial charge in [-0.2, -0.15) is 12.6 Å². The smallest absolute Gasteiger partial charge is 0.229 e. The van der Waals surface area contributed by atoms with Crippen molar-refractivity contribution in [1.82, 2.24) is 5.32 Å². The molecule has 1 N–H and O–H groups in total. The van der Waals surface area contributed by atoms with Crippen molar-refractivity contribution in [2.24, 2.45) is 0 Å². The van der Waals surface area contributed by atoms with Crippen molar-refractivity contribution in [3.8, 4) is 0 Å². The molecule has 16 heteroatoms. The van der Waals surface area contributed by atoms with Gasteiger partial charge in [-0.1, -0.05) is 0 Å². The molecule has 0 rings (SSSR count). The Morgan fingerprint density at radius 1 is 0.391 bits per heavy atom. The average Bonchev–Trinajstić information content (AvgIpc) is 3.05. The minimum atomic E-state index is -0.112. The summed E-state index contributed by atoms with van der Waals surface area (Å²) in [6, 6.07) is 0. The summed E-state index contributed by atoms with van der Waals surface area (Å²) in [7, 11) is 0. The highest BCUT2D eigenvalue weighted by atomic mass is 32.1. The fraction of sp³-hybridized carbons (Fsp3) is 0.933. The average molecular weight is 690 g/mol. The molecular weight excluding hydrogens is 630 g/mol. The van der Waals surface area contributed by atoms with Crippen LogP contribution >= 0.6 is 12.6 Å². The Morgan fingerprint density at radius 3 is 0.826 bits per heavy atom.